The average Bonchev–Trinajstić information content (AvgIpc) is 3.09. The minimum Gasteiger partial charge on any atom is -0.394 e. The Labute approximate surface area is 136 Å². The molecule has 24 heavy (non-hydrogen) atoms. The molecule has 0 radical (unpaired) electrons. The molecule has 5 atom stereocenters. The fourth-order valence-electron chi connectivity index (χ4n) is 3.32. The lowest BCUT2D eigenvalue weighted by Gasteiger charge is -2.28. The standard InChI is InChI=1S/C14H19N5O5/c1-6-2-9(22)19-13(23)11-12(17-14(19)16-6)18(5-15-11)10-3-7(21)8(4-20)24-10/h5-10,20-22H,2-4H2,1H3,(H,16,17)/t6?,7-,8+,9-,10+/m0/s1. The second-order valence-electron chi connectivity index (χ2n) is 6.31. The van der Waals surface area contributed by atoms with Gasteiger partial charge >= 0.3 is 0 Å². The molecule has 2 aromatic rings. The number of hydrogen-bond donors (Lipinski definition) is 4. The molecule has 10 nitrogen and oxygen atoms in total. The van der Waals surface area contributed by atoms with Crippen LogP contribution in [0.15, 0.2) is 11.1 Å². The molecule has 2 aliphatic heterocycles. The van der Waals surface area contributed by atoms with Gasteiger partial charge in [0, 0.05) is 18.9 Å². The van der Waals surface area contributed by atoms with Crippen LogP contribution in [0.4, 0.5) is 5.95 Å². The van der Waals surface area contributed by atoms with Crippen molar-refractivity contribution in [2.75, 3.05) is 11.9 Å². The molecule has 130 valence electrons. The molecule has 0 saturated carbocycles. The summed E-state index contributed by atoms with van der Waals surface area (Å²) in [6.07, 6.45) is -0.891. The Hall–Kier alpha value is -2.01. The highest BCUT2D eigenvalue weighted by molar-refractivity contribution is 5.71. The number of anilines is 1. The van der Waals surface area contributed by atoms with Crippen molar-refractivity contribution in [2.24, 2.45) is 0 Å². The zero-order valence-corrected chi connectivity index (χ0v) is 13.0. The molecule has 1 unspecified atom stereocenters. The maximum absolute atomic E-state index is 12.6. The lowest BCUT2D eigenvalue weighted by atomic mass is 10.2. The normalized spacial score (nSPS) is 32.8. The van der Waals surface area contributed by atoms with E-state index in [1.807, 2.05) is 6.92 Å². The summed E-state index contributed by atoms with van der Waals surface area (Å²) in [5.74, 6) is 0.276. The van der Waals surface area contributed by atoms with Gasteiger partial charge in [-0.05, 0) is 6.92 Å². The Morgan fingerprint density at radius 1 is 1.42 bits per heavy atom. The van der Waals surface area contributed by atoms with Gasteiger partial charge in [-0.25, -0.2) is 9.55 Å². The van der Waals surface area contributed by atoms with Gasteiger partial charge in [-0.2, -0.15) is 4.98 Å². The van der Waals surface area contributed by atoms with Crippen molar-refractivity contribution in [2.45, 2.75) is 50.5 Å². The van der Waals surface area contributed by atoms with Gasteiger partial charge in [-0.3, -0.25) is 9.36 Å². The Kier molecular flexibility index (Phi) is 3.57. The third-order valence-electron chi connectivity index (χ3n) is 4.56. The van der Waals surface area contributed by atoms with Crippen molar-refractivity contribution < 1.29 is 20.1 Å². The van der Waals surface area contributed by atoms with Crippen LogP contribution in [0.5, 0.6) is 0 Å². The van der Waals surface area contributed by atoms with Crippen molar-refractivity contribution in [1.29, 1.82) is 0 Å². The molecule has 0 aromatic carbocycles. The van der Waals surface area contributed by atoms with E-state index < -0.39 is 30.2 Å². The van der Waals surface area contributed by atoms with Crippen molar-refractivity contribution in [3.05, 3.63) is 16.7 Å². The summed E-state index contributed by atoms with van der Waals surface area (Å²) in [4.78, 5) is 21.2. The first-order chi connectivity index (χ1) is 11.5. The number of nitrogens with zero attached hydrogens (tertiary/aromatic N) is 4. The van der Waals surface area contributed by atoms with E-state index in [0.717, 1.165) is 0 Å². The van der Waals surface area contributed by atoms with E-state index in [1.165, 1.54) is 10.9 Å². The van der Waals surface area contributed by atoms with E-state index in [0.29, 0.717) is 12.1 Å². The van der Waals surface area contributed by atoms with Crippen molar-refractivity contribution in [3.63, 3.8) is 0 Å². The molecule has 2 aromatic heterocycles. The number of fused-ring (bicyclic) bond motifs is 2. The number of rotatable bonds is 2. The molecule has 4 heterocycles. The molecule has 0 aliphatic carbocycles. The largest absolute Gasteiger partial charge is 0.394 e. The first kappa shape index (κ1) is 15.5. The molecule has 4 rings (SSSR count). The number of aromatic nitrogens is 4. The monoisotopic (exact) mass is 337 g/mol. The molecule has 4 N–H and O–H groups in total. The first-order valence-electron chi connectivity index (χ1n) is 7.87. The fourth-order valence-corrected chi connectivity index (χ4v) is 3.32. The van der Waals surface area contributed by atoms with Gasteiger partial charge in [0.25, 0.3) is 5.56 Å². The number of aliphatic hydroxyl groups is 3. The summed E-state index contributed by atoms with van der Waals surface area (Å²) in [6, 6.07) is -0.0240. The number of imidazole rings is 1. The van der Waals surface area contributed by atoms with Gasteiger partial charge < -0.3 is 25.4 Å². The highest BCUT2D eigenvalue weighted by Crippen LogP contribution is 2.31. The van der Waals surface area contributed by atoms with E-state index in [-0.39, 0.29) is 30.5 Å². The predicted octanol–water partition coefficient (Wildman–Crippen LogP) is -1.07. The van der Waals surface area contributed by atoms with Crippen LogP contribution < -0.4 is 10.9 Å². The zero-order valence-electron chi connectivity index (χ0n) is 13.0. The van der Waals surface area contributed by atoms with Crippen molar-refractivity contribution in [1.82, 2.24) is 19.1 Å². The molecular weight excluding hydrogens is 318 g/mol. The van der Waals surface area contributed by atoms with Gasteiger partial charge in [0.15, 0.2) is 11.2 Å². The van der Waals surface area contributed by atoms with Crippen molar-refractivity contribution >= 4 is 17.1 Å². The van der Waals surface area contributed by atoms with Crippen LogP contribution in [-0.2, 0) is 4.74 Å². The summed E-state index contributed by atoms with van der Waals surface area (Å²) >= 11 is 0. The van der Waals surface area contributed by atoms with Crippen LogP contribution in [0.25, 0.3) is 11.2 Å². The quantitative estimate of drug-likeness (QED) is 0.544. The predicted molar refractivity (Wildman–Crippen MR) is 82.4 cm³/mol. The molecule has 1 fully saturated rings. The number of ether oxygens (including phenoxy) is 1. The Balaban J connectivity index is 1.82. The molecule has 1 saturated heterocycles. The summed E-state index contributed by atoms with van der Waals surface area (Å²) in [7, 11) is 0. The maximum Gasteiger partial charge on any atom is 0.285 e. The van der Waals surface area contributed by atoms with Gasteiger partial charge in [0.1, 0.15) is 18.6 Å². The molecule has 10 heteroatoms. The minimum absolute atomic E-state index is 0.0240. The Morgan fingerprint density at radius 3 is 2.92 bits per heavy atom. The van der Waals surface area contributed by atoms with E-state index in [9.17, 15) is 20.1 Å². The van der Waals surface area contributed by atoms with Crippen LogP contribution in [-0.4, -0.2) is 59.3 Å². The highest BCUT2D eigenvalue weighted by Gasteiger charge is 2.36. The number of nitrogens with one attached hydrogen (secondary N) is 1. The second kappa shape index (κ2) is 5.52. The number of aliphatic hydroxyl groups excluding tert-OH is 3. The Morgan fingerprint density at radius 2 is 2.21 bits per heavy atom. The lowest BCUT2D eigenvalue weighted by Crippen LogP contribution is -2.38. The minimum atomic E-state index is -0.950. The lowest BCUT2D eigenvalue weighted by molar-refractivity contribution is -0.0432. The topological polar surface area (TPSA) is 135 Å². The van der Waals surface area contributed by atoms with Gasteiger partial charge in [-0.15, -0.1) is 0 Å². The summed E-state index contributed by atoms with van der Waals surface area (Å²) in [6.45, 7) is 1.60. The maximum atomic E-state index is 12.6. The van der Waals surface area contributed by atoms with Crippen molar-refractivity contribution in [3.8, 4) is 0 Å². The molecule has 2 aliphatic rings. The van der Waals surface area contributed by atoms with Crippen LogP contribution in [0.1, 0.15) is 32.2 Å². The van der Waals surface area contributed by atoms with Gasteiger partial charge in [-0.1, -0.05) is 0 Å². The van der Waals surface area contributed by atoms with E-state index in [1.54, 1.807) is 4.57 Å². The first-order valence-corrected chi connectivity index (χ1v) is 7.87. The molecule has 0 bridgehead atoms. The fraction of sp³-hybridized carbons (Fsp3) is 0.643. The third-order valence-corrected chi connectivity index (χ3v) is 4.56. The van der Waals surface area contributed by atoms with Gasteiger partial charge in [0.2, 0.25) is 5.95 Å². The molecule has 0 spiro atoms. The second-order valence-corrected chi connectivity index (χ2v) is 6.31. The summed E-state index contributed by atoms with van der Waals surface area (Å²) < 4.78 is 8.37. The van der Waals surface area contributed by atoms with E-state index in [4.69, 9.17) is 4.74 Å². The van der Waals surface area contributed by atoms with Crippen LogP contribution >= 0.6 is 0 Å². The smallest absolute Gasteiger partial charge is 0.285 e. The summed E-state index contributed by atoms with van der Waals surface area (Å²) in [5.41, 5.74) is 0.00781. The Bertz CT molecular complexity index is 833. The highest BCUT2D eigenvalue weighted by atomic mass is 16.5. The summed E-state index contributed by atoms with van der Waals surface area (Å²) in [5, 5.41) is 32.3. The molecular formula is C14H19N5O5. The van der Waals surface area contributed by atoms with Crippen LogP contribution in [0.2, 0.25) is 0 Å². The van der Waals surface area contributed by atoms with Crippen LogP contribution in [0, 0.1) is 0 Å². The van der Waals surface area contributed by atoms with Crippen LogP contribution in [0.3, 0.4) is 0 Å². The number of hydrogen-bond acceptors (Lipinski definition) is 8. The zero-order chi connectivity index (χ0) is 17.0. The third kappa shape index (κ3) is 2.22. The van der Waals surface area contributed by atoms with Gasteiger partial charge in [0.05, 0.1) is 19.0 Å². The SMILES string of the molecule is CC1C[C@H](O)n2c(nc3c(ncn3[C@H]3C[C@H](O)[C@@H](CO)O3)c2=O)N1. The van der Waals surface area contributed by atoms with E-state index >= 15 is 0 Å². The average molecular weight is 337 g/mol. The van der Waals surface area contributed by atoms with E-state index in [2.05, 4.69) is 15.3 Å². The molecule has 0 amide bonds.